The van der Waals surface area contributed by atoms with Crippen LogP contribution < -0.4 is 10.2 Å². The van der Waals surface area contributed by atoms with Crippen molar-refractivity contribution in [3.8, 4) is 0 Å². The maximum atomic E-state index is 4.32. The lowest BCUT2D eigenvalue weighted by Crippen LogP contribution is -2.42. The third-order valence-electron chi connectivity index (χ3n) is 3.82. The third-order valence-corrected chi connectivity index (χ3v) is 3.82. The number of anilines is 1. The monoisotopic (exact) mass is 271 g/mol. The number of hydrogen-bond acceptors (Lipinski definition) is 4. The Balaban J connectivity index is 1.47. The number of nitrogens with zero attached hydrogens (tertiary/aromatic N) is 4. The number of piperidine rings is 1. The van der Waals surface area contributed by atoms with Gasteiger partial charge in [0.05, 0.1) is 0 Å². The summed E-state index contributed by atoms with van der Waals surface area (Å²) in [7, 11) is 2.06. The number of nitrogens with one attached hydrogen (secondary N) is 1. The second kappa shape index (κ2) is 6.05. The summed E-state index contributed by atoms with van der Waals surface area (Å²) < 4.78 is 2.09. The molecule has 1 N–H and O–H groups in total. The number of rotatable bonds is 4. The van der Waals surface area contributed by atoms with Crippen LogP contribution >= 0.6 is 0 Å². The second-order valence-corrected chi connectivity index (χ2v) is 5.38. The normalized spacial score (nSPS) is 16.6. The Morgan fingerprint density at radius 1 is 1.25 bits per heavy atom. The largest absolute Gasteiger partial charge is 0.357 e. The minimum Gasteiger partial charge on any atom is -0.357 e. The van der Waals surface area contributed by atoms with Crippen molar-refractivity contribution in [2.24, 2.45) is 7.05 Å². The van der Waals surface area contributed by atoms with Gasteiger partial charge >= 0.3 is 0 Å². The molecule has 2 aromatic heterocycles. The molecule has 3 heterocycles. The molecule has 0 spiro atoms. The average Bonchev–Trinajstić information content (AvgIpc) is 2.92. The zero-order chi connectivity index (χ0) is 13.8. The number of aryl methyl sites for hydroxylation is 1. The highest BCUT2D eigenvalue weighted by Crippen LogP contribution is 2.15. The van der Waals surface area contributed by atoms with Crippen molar-refractivity contribution in [2.45, 2.75) is 25.4 Å². The minimum atomic E-state index is 0.593. The minimum absolute atomic E-state index is 0.593. The van der Waals surface area contributed by atoms with Crippen LogP contribution in [0.4, 0.5) is 5.95 Å². The smallest absolute Gasteiger partial charge is 0.225 e. The fourth-order valence-electron chi connectivity index (χ4n) is 2.67. The molecule has 0 amide bonds. The zero-order valence-electron chi connectivity index (χ0n) is 11.9. The van der Waals surface area contributed by atoms with Gasteiger partial charge in [-0.15, -0.1) is 0 Å². The van der Waals surface area contributed by atoms with Gasteiger partial charge in [0.25, 0.3) is 0 Å². The van der Waals surface area contributed by atoms with Gasteiger partial charge in [0.15, 0.2) is 0 Å². The van der Waals surface area contributed by atoms with Gasteiger partial charge in [0, 0.05) is 57.5 Å². The van der Waals surface area contributed by atoms with E-state index in [-0.39, 0.29) is 0 Å². The van der Waals surface area contributed by atoms with Crippen molar-refractivity contribution in [1.29, 1.82) is 0 Å². The van der Waals surface area contributed by atoms with Gasteiger partial charge in [-0.1, -0.05) is 0 Å². The van der Waals surface area contributed by atoms with Crippen molar-refractivity contribution >= 4 is 5.95 Å². The van der Waals surface area contributed by atoms with Crippen LogP contribution in [-0.2, 0) is 13.6 Å². The Morgan fingerprint density at radius 3 is 2.65 bits per heavy atom. The second-order valence-electron chi connectivity index (χ2n) is 5.38. The predicted octanol–water partition coefficient (Wildman–Crippen LogP) is 1.57. The first kappa shape index (κ1) is 13.1. The molecule has 0 atom stereocenters. The van der Waals surface area contributed by atoms with Crippen LogP contribution in [-0.4, -0.2) is 33.7 Å². The first-order valence-corrected chi connectivity index (χ1v) is 7.17. The summed E-state index contributed by atoms with van der Waals surface area (Å²) in [5.74, 6) is 0.856. The quantitative estimate of drug-likeness (QED) is 0.917. The Morgan fingerprint density at radius 2 is 2.00 bits per heavy atom. The lowest BCUT2D eigenvalue weighted by molar-refractivity contribution is 0.411. The SMILES string of the molecule is Cn1ccc(CNC2CCN(c3ncccn3)CC2)c1. The Labute approximate surface area is 119 Å². The molecule has 0 aromatic carbocycles. The molecule has 5 heteroatoms. The van der Waals surface area contributed by atoms with E-state index in [0.29, 0.717) is 6.04 Å². The molecule has 5 nitrogen and oxygen atoms in total. The highest BCUT2D eigenvalue weighted by Gasteiger charge is 2.20. The summed E-state index contributed by atoms with van der Waals surface area (Å²) in [6, 6.07) is 4.62. The van der Waals surface area contributed by atoms with Gasteiger partial charge in [0.2, 0.25) is 5.95 Å². The van der Waals surface area contributed by atoms with Crippen LogP contribution in [0.2, 0.25) is 0 Å². The number of hydrogen-bond donors (Lipinski definition) is 1. The number of aromatic nitrogens is 3. The zero-order valence-corrected chi connectivity index (χ0v) is 11.9. The summed E-state index contributed by atoms with van der Waals surface area (Å²) in [6.07, 6.45) is 10.2. The lowest BCUT2D eigenvalue weighted by Gasteiger charge is -2.32. The van der Waals surface area contributed by atoms with E-state index in [1.54, 1.807) is 0 Å². The summed E-state index contributed by atoms with van der Waals surface area (Å²) >= 11 is 0. The molecule has 1 fully saturated rings. The maximum absolute atomic E-state index is 4.32. The van der Waals surface area contributed by atoms with E-state index in [1.807, 2.05) is 18.5 Å². The van der Waals surface area contributed by atoms with Gasteiger partial charge in [-0.05, 0) is 30.5 Å². The third kappa shape index (κ3) is 3.17. The highest BCUT2D eigenvalue weighted by atomic mass is 15.3. The predicted molar refractivity (Wildman–Crippen MR) is 79.5 cm³/mol. The van der Waals surface area contributed by atoms with Crippen LogP contribution in [0.3, 0.4) is 0 Å². The van der Waals surface area contributed by atoms with Crippen molar-refractivity contribution in [1.82, 2.24) is 19.9 Å². The molecule has 20 heavy (non-hydrogen) atoms. The van der Waals surface area contributed by atoms with Crippen LogP contribution in [0.5, 0.6) is 0 Å². The van der Waals surface area contributed by atoms with Gasteiger partial charge in [0.1, 0.15) is 0 Å². The van der Waals surface area contributed by atoms with E-state index >= 15 is 0 Å². The summed E-state index contributed by atoms with van der Waals surface area (Å²) in [6.45, 7) is 3.00. The van der Waals surface area contributed by atoms with Crippen molar-refractivity contribution in [2.75, 3.05) is 18.0 Å². The van der Waals surface area contributed by atoms with Crippen LogP contribution in [0, 0.1) is 0 Å². The van der Waals surface area contributed by atoms with Crippen molar-refractivity contribution in [3.63, 3.8) is 0 Å². The molecule has 0 aliphatic carbocycles. The standard InChI is InChI=1S/C15H21N5/c1-19-8-3-13(12-19)11-18-14-4-9-20(10-5-14)15-16-6-2-7-17-15/h2-3,6-8,12,14,18H,4-5,9-11H2,1H3. The molecule has 1 aliphatic heterocycles. The lowest BCUT2D eigenvalue weighted by atomic mass is 10.1. The fraction of sp³-hybridized carbons (Fsp3) is 0.467. The molecule has 0 saturated carbocycles. The van der Waals surface area contributed by atoms with E-state index in [1.165, 1.54) is 5.56 Å². The molecule has 106 valence electrons. The van der Waals surface area contributed by atoms with Crippen molar-refractivity contribution in [3.05, 3.63) is 42.5 Å². The molecule has 0 radical (unpaired) electrons. The van der Waals surface area contributed by atoms with E-state index in [2.05, 4.69) is 50.3 Å². The first-order chi connectivity index (χ1) is 9.81. The molecular weight excluding hydrogens is 250 g/mol. The summed E-state index contributed by atoms with van der Waals surface area (Å²) in [5, 5.41) is 3.64. The first-order valence-electron chi connectivity index (χ1n) is 7.17. The summed E-state index contributed by atoms with van der Waals surface area (Å²) in [5.41, 5.74) is 1.35. The Bertz CT molecular complexity index is 528. The Kier molecular flexibility index (Phi) is 3.97. The van der Waals surface area contributed by atoms with Crippen LogP contribution in [0.1, 0.15) is 18.4 Å². The van der Waals surface area contributed by atoms with E-state index in [4.69, 9.17) is 0 Å². The van der Waals surface area contributed by atoms with E-state index in [9.17, 15) is 0 Å². The van der Waals surface area contributed by atoms with E-state index < -0.39 is 0 Å². The van der Waals surface area contributed by atoms with E-state index in [0.717, 1.165) is 38.4 Å². The van der Waals surface area contributed by atoms with Gasteiger partial charge in [-0.25, -0.2) is 9.97 Å². The summed E-state index contributed by atoms with van der Waals surface area (Å²) in [4.78, 5) is 10.9. The molecular formula is C15H21N5. The molecule has 1 saturated heterocycles. The maximum Gasteiger partial charge on any atom is 0.225 e. The Hall–Kier alpha value is -1.88. The fourth-order valence-corrected chi connectivity index (χ4v) is 2.67. The molecule has 1 aliphatic rings. The topological polar surface area (TPSA) is 46.0 Å². The average molecular weight is 271 g/mol. The van der Waals surface area contributed by atoms with Crippen LogP contribution in [0.15, 0.2) is 36.9 Å². The molecule has 2 aromatic rings. The van der Waals surface area contributed by atoms with Crippen molar-refractivity contribution < 1.29 is 0 Å². The molecule has 0 bridgehead atoms. The highest BCUT2D eigenvalue weighted by molar-refractivity contribution is 5.29. The van der Waals surface area contributed by atoms with Gasteiger partial charge < -0.3 is 14.8 Å². The molecule has 0 unspecified atom stereocenters. The molecule has 3 rings (SSSR count). The van der Waals surface area contributed by atoms with Gasteiger partial charge in [-0.3, -0.25) is 0 Å². The van der Waals surface area contributed by atoms with Gasteiger partial charge in [-0.2, -0.15) is 0 Å². The van der Waals surface area contributed by atoms with Crippen LogP contribution in [0.25, 0.3) is 0 Å².